The molecule has 1 aromatic rings. The third kappa shape index (κ3) is 3.60. The molecule has 2 unspecified atom stereocenters. The van der Waals surface area contributed by atoms with Crippen LogP contribution in [0.3, 0.4) is 0 Å². The Labute approximate surface area is 129 Å². The normalized spacial score (nSPS) is 25.7. The minimum atomic E-state index is 0.736. The van der Waals surface area contributed by atoms with Crippen molar-refractivity contribution in [2.24, 2.45) is 5.92 Å². The Morgan fingerprint density at radius 3 is 2.90 bits per heavy atom. The number of nitrogens with zero attached hydrogens (tertiary/aromatic N) is 1. The van der Waals surface area contributed by atoms with Gasteiger partial charge in [-0.25, -0.2) is 0 Å². The van der Waals surface area contributed by atoms with Crippen LogP contribution in [0.1, 0.15) is 51.0 Å². The molecule has 1 fully saturated rings. The van der Waals surface area contributed by atoms with Crippen LogP contribution in [0, 0.1) is 5.92 Å². The summed E-state index contributed by atoms with van der Waals surface area (Å²) in [7, 11) is 0. The van der Waals surface area contributed by atoms with E-state index in [0.29, 0.717) is 0 Å². The highest BCUT2D eigenvalue weighted by molar-refractivity contribution is 5.57. The average Bonchev–Trinajstić information content (AvgIpc) is 2.78. The second-order valence-electron chi connectivity index (χ2n) is 6.78. The number of para-hydroxylation sites is 1. The van der Waals surface area contributed by atoms with Crippen molar-refractivity contribution in [1.29, 1.82) is 0 Å². The van der Waals surface area contributed by atoms with Gasteiger partial charge in [0.15, 0.2) is 0 Å². The molecule has 0 saturated heterocycles. The van der Waals surface area contributed by atoms with E-state index in [0.717, 1.165) is 12.0 Å². The maximum atomic E-state index is 3.83. The molecule has 1 N–H and O–H groups in total. The SMILES string of the molecule is CCCNC1CCCCCC1CN1CCc2ccccc21. The fourth-order valence-electron chi connectivity index (χ4n) is 4.08. The van der Waals surface area contributed by atoms with Crippen LogP contribution >= 0.6 is 0 Å². The summed E-state index contributed by atoms with van der Waals surface area (Å²) >= 11 is 0. The fraction of sp³-hybridized carbons (Fsp3) is 0.684. The summed E-state index contributed by atoms with van der Waals surface area (Å²) in [5.74, 6) is 0.824. The molecule has 1 aliphatic carbocycles. The maximum Gasteiger partial charge on any atom is 0.0399 e. The number of nitrogens with one attached hydrogen (secondary N) is 1. The van der Waals surface area contributed by atoms with Gasteiger partial charge in [-0.3, -0.25) is 0 Å². The highest BCUT2D eigenvalue weighted by Gasteiger charge is 2.27. The monoisotopic (exact) mass is 286 g/mol. The zero-order valence-electron chi connectivity index (χ0n) is 13.5. The third-order valence-electron chi connectivity index (χ3n) is 5.25. The minimum Gasteiger partial charge on any atom is -0.371 e. The van der Waals surface area contributed by atoms with Crippen LogP contribution in [-0.2, 0) is 6.42 Å². The fourth-order valence-corrected chi connectivity index (χ4v) is 4.08. The van der Waals surface area contributed by atoms with Crippen LogP contribution in [0.25, 0.3) is 0 Å². The minimum absolute atomic E-state index is 0.736. The summed E-state index contributed by atoms with van der Waals surface area (Å²) in [5, 5.41) is 3.83. The van der Waals surface area contributed by atoms with Crippen molar-refractivity contribution in [2.45, 2.75) is 57.9 Å². The Bertz CT molecular complexity index is 443. The smallest absolute Gasteiger partial charge is 0.0399 e. The summed E-state index contributed by atoms with van der Waals surface area (Å²) < 4.78 is 0. The van der Waals surface area contributed by atoms with Gasteiger partial charge in [-0.2, -0.15) is 0 Å². The molecule has 2 aliphatic rings. The van der Waals surface area contributed by atoms with E-state index < -0.39 is 0 Å². The topological polar surface area (TPSA) is 15.3 Å². The standard InChI is InChI=1S/C19H30N2/c1-2-13-20-18-10-5-3-4-9-17(18)15-21-14-12-16-8-6-7-11-19(16)21/h6-8,11,17-18,20H,2-5,9-10,12-15H2,1H3. The maximum absolute atomic E-state index is 3.83. The summed E-state index contributed by atoms with van der Waals surface area (Å²) in [6.07, 6.45) is 9.52. The molecule has 1 aliphatic heterocycles. The number of rotatable bonds is 5. The predicted octanol–water partition coefficient (Wildman–Crippen LogP) is 4.00. The highest BCUT2D eigenvalue weighted by Crippen LogP contribution is 2.31. The molecule has 3 rings (SSSR count). The predicted molar refractivity (Wildman–Crippen MR) is 91.0 cm³/mol. The van der Waals surface area contributed by atoms with Crippen LogP contribution in [0.4, 0.5) is 5.69 Å². The van der Waals surface area contributed by atoms with Crippen LogP contribution in [-0.4, -0.2) is 25.7 Å². The first kappa shape index (κ1) is 14.9. The average molecular weight is 286 g/mol. The van der Waals surface area contributed by atoms with E-state index in [2.05, 4.69) is 41.4 Å². The third-order valence-corrected chi connectivity index (χ3v) is 5.25. The molecule has 0 amide bonds. The molecule has 21 heavy (non-hydrogen) atoms. The van der Waals surface area contributed by atoms with E-state index in [9.17, 15) is 0 Å². The summed E-state index contributed by atoms with van der Waals surface area (Å²) in [6.45, 7) is 5.92. The van der Waals surface area contributed by atoms with Crippen LogP contribution in [0.15, 0.2) is 24.3 Å². The van der Waals surface area contributed by atoms with E-state index in [1.54, 1.807) is 5.56 Å². The van der Waals surface area contributed by atoms with Crippen molar-refractivity contribution < 1.29 is 0 Å². The van der Waals surface area contributed by atoms with E-state index in [1.165, 1.54) is 70.3 Å². The van der Waals surface area contributed by atoms with Gasteiger partial charge in [0.05, 0.1) is 0 Å². The largest absolute Gasteiger partial charge is 0.371 e. The van der Waals surface area contributed by atoms with Crippen molar-refractivity contribution in [1.82, 2.24) is 5.32 Å². The van der Waals surface area contributed by atoms with Crippen molar-refractivity contribution >= 4 is 5.69 Å². The molecule has 116 valence electrons. The lowest BCUT2D eigenvalue weighted by Gasteiger charge is -2.31. The van der Waals surface area contributed by atoms with E-state index in [-0.39, 0.29) is 0 Å². The molecule has 1 heterocycles. The van der Waals surface area contributed by atoms with Crippen molar-refractivity contribution in [3.63, 3.8) is 0 Å². The van der Waals surface area contributed by atoms with Gasteiger partial charge in [-0.05, 0) is 49.8 Å². The van der Waals surface area contributed by atoms with Gasteiger partial charge in [-0.15, -0.1) is 0 Å². The van der Waals surface area contributed by atoms with Gasteiger partial charge in [0, 0.05) is 24.8 Å². The Hall–Kier alpha value is -1.02. The lowest BCUT2D eigenvalue weighted by Crippen LogP contribution is -2.42. The quantitative estimate of drug-likeness (QED) is 0.823. The van der Waals surface area contributed by atoms with Gasteiger partial charge in [-0.1, -0.05) is 44.4 Å². The second kappa shape index (κ2) is 7.31. The Kier molecular flexibility index (Phi) is 5.18. The van der Waals surface area contributed by atoms with Gasteiger partial charge < -0.3 is 10.2 Å². The van der Waals surface area contributed by atoms with Crippen molar-refractivity contribution in [2.75, 3.05) is 24.5 Å². The molecule has 2 atom stereocenters. The van der Waals surface area contributed by atoms with Crippen molar-refractivity contribution in [3.05, 3.63) is 29.8 Å². The van der Waals surface area contributed by atoms with Gasteiger partial charge in [0.2, 0.25) is 0 Å². The molecule has 2 heteroatoms. The molecule has 0 aromatic heterocycles. The lowest BCUT2D eigenvalue weighted by atomic mass is 9.94. The first-order valence-electron chi connectivity index (χ1n) is 8.94. The van der Waals surface area contributed by atoms with E-state index >= 15 is 0 Å². The molecular formula is C19H30N2. The second-order valence-corrected chi connectivity index (χ2v) is 6.78. The van der Waals surface area contributed by atoms with Gasteiger partial charge >= 0.3 is 0 Å². The number of benzene rings is 1. The number of anilines is 1. The lowest BCUT2D eigenvalue weighted by molar-refractivity contribution is 0.336. The van der Waals surface area contributed by atoms with Gasteiger partial charge in [0.1, 0.15) is 0 Å². The molecule has 1 aromatic carbocycles. The van der Waals surface area contributed by atoms with E-state index in [4.69, 9.17) is 0 Å². The number of hydrogen-bond acceptors (Lipinski definition) is 2. The van der Waals surface area contributed by atoms with Gasteiger partial charge in [0.25, 0.3) is 0 Å². The zero-order valence-corrected chi connectivity index (χ0v) is 13.5. The molecule has 2 nitrogen and oxygen atoms in total. The van der Waals surface area contributed by atoms with Crippen LogP contribution in [0.5, 0.6) is 0 Å². The molecule has 0 radical (unpaired) electrons. The summed E-state index contributed by atoms with van der Waals surface area (Å²) in [6, 6.07) is 9.72. The number of fused-ring (bicyclic) bond motifs is 1. The van der Waals surface area contributed by atoms with E-state index in [1.807, 2.05) is 0 Å². The van der Waals surface area contributed by atoms with Crippen LogP contribution in [0.2, 0.25) is 0 Å². The highest BCUT2D eigenvalue weighted by atomic mass is 15.2. The Morgan fingerprint density at radius 2 is 2.00 bits per heavy atom. The molecule has 0 spiro atoms. The number of hydrogen-bond donors (Lipinski definition) is 1. The Morgan fingerprint density at radius 1 is 1.14 bits per heavy atom. The Balaban J connectivity index is 1.66. The molecule has 0 bridgehead atoms. The molecule has 1 saturated carbocycles. The summed E-state index contributed by atoms with van der Waals surface area (Å²) in [5.41, 5.74) is 3.04. The first-order valence-corrected chi connectivity index (χ1v) is 8.94. The first-order chi connectivity index (χ1) is 10.4. The zero-order chi connectivity index (χ0) is 14.5. The molecular weight excluding hydrogens is 256 g/mol. The summed E-state index contributed by atoms with van der Waals surface area (Å²) in [4.78, 5) is 2.64. The van der Waals surface area contributed by atoms with Crippen LogP contribution < -0.4 is 10.2 Å². The van der Waals surface area contributed by atoms with Crippen molar-refractivity contribution in [3.8, 4) is 0 Å².